The first-order chi connectivity index (χ1) is 13.6. The van der Waals surface area contributed by atoms with E-state index in [0.717, 1.165) is 42.0 Å². The summed E-state index contributed by atoms with van der Waals surface area (Å²) in [6, 6.07) is 7.94. The number of ether oxygens (including phenoxy) is 2. The third-order valence-corrected chi connectivity index (χ3v) is 5.02. The Kier molecular flexibility index (Phi) is 7.78. The average molecular weight is 405 g/mol. The Hall–Kier alpha value is -2.01. The molecule has 5 nitrogen and oxygen atoms in total. The van der Waals surface area contributed by atoms with Crippen LogP contribution in [0.1, 0.15) is 62.5 Å². The van der Waals surface area contributed by atoms with E-state index in [1.807, 2.05) is 38.1 Å². The first kappa shape index (κ1) is 20.7. The first-order valence-corrected chi connectivity index (χ1v) is 10.5. The van der Waals surface area contributed by atoms with Gasteiger partial charge >= 0.3 is 0 Å². The zero-order valence-corrected chi connectivity index (χ0v) is 17.5. The molecule has 0 amide bonds. The van der Waals surface area contributed by atoms with Gasteiger partial charge in [-0.15, -0.1) is 0 Å². The molecule has 0 bridgehead atoms. The maximum Gasteiger partial charge on any atom is 0.216 e. The van der Waals surface area contributed by atoms with Crippen LogP contribution in [0.4, 0.5) is 0 Å². The summed E-state index contributed by atoms with van der Waals surface area (Å²) in [6.07, 6.45) is 8.02. The lowest BCUT2D eigenvalue weighted by Gasteiger charge is -2.09. The van der Waals surface area contributed by atoms with Crippen LogP contribution in [0.25, 0.3) is 0 Å². The second-order valence-electron chi connectivity index (χ2n) is 7.39. The maximum absolute atomic E-state index is 6.35. The third-order valence-electron chi connectivity index (χ3n) is 4.73. The number of hydrogen-bond donors (Lipinski definition) is 0. The smallest absolute Gasteiger partial charge is 0.216 e. The highest BCUT2D eigenvalue weighted by atomic mass is 35.5. The monoisotopic (exact) mass is 404 g/mol. The number of unbranched alkanes of at least 4 members (excludes halogenated alkanes) is 5. The summed E-state index contributed by atoms with van der Waals surface area (Å²) < 4.78 is 16.6. The summed E-state index contributed by atoms with van der Waals surface area (Å²) in [4.78, 5) is 4.45. The minimum absolute atomic E-state index is 0.205. The van der Waals surface area contributed by atoms with E-state index in [4.69, 9.17) is 25.6 Å². The van der Waals surface area contributed by atoms with Crippen LogP contribution in [0.3, 0.4) is 0 Å². The van der Waals surface area contributed by atoms with Gasteiger partial charge in [0.25, 0.3) is 0 Å². The van der Waals surface area contributed by atoms with Crippen LogP contribution in [0.2, 0.25) is 5.02 Å². The highest BCUT2D eigenvalue weighted by Gasteiger charge is 2.17. The molecular formula is C22H29ClN2O3. The predicted molar refractivity (Wildman–Crippen MR) is 112 cm³/mol. The molecule has 0 aliphatic carbocycles. The second kappa shape index (κ2) is 10.5. The first-order valence-electron chi connectivity index (χ1n) is 10.2. The summed E-state index contributed by atoms with van der Waals surface area (Å²) in [7, 11) is 0. The Balaban J connectivity index is 1.26. The zero-order valence-electron chi connectivity index (χ0n) is 16.7. The summed E-state index contributed by atoms with van der Waals surface area (Å²) >= 11 is 6.35. The fourth-order valence-electron chi connectivity index (χ4n) is 3.21. The molecule has 0 saturated heterocycles. The van der Waals surface area contributed by atoms with Crippen LogP contribution >= 0.6 is 11.6 Å². The van der Waals surface area contributed by atoms with E-state index in [-0.39, 0.29) is 6.04 Å². The van der Waals surface area contributed by atoms with Crippen LogP contribution < -0.4 is 4.74 Å². The molecule has 2 aromatic rings. The molecule has 0 saturated carbocycles. The Morgan fingerprint density at radius 1 is 1.11 bits per heavy atom. The molecule has 28 heavy (non-hydrogen) atoms. The van der Waals surface area contributed by atoms with Gasteiger partial charge in [-0.2, -0.15) is 0 Å². The van der Waals surface area contributed by atoms with Gasteiger partial charge in [0.1, 0.15) is 18.1 Å². The summed E-state index contributed by atoms with van der Waals surface area (Å²) in [5.41, 5.74) is 1.86. The van der Waals surface area contributed by atoms with E-state index < -0.39 is 0 Å². The standard InChI is InChI=1S/C22H29ClN2O3/c1-16-13-19(28-25-16)9-7-5-3-4-6-8-12-26-21-11-10-18(14-20(21)23)22-24-17(2)15-27-22/h10-11,13-14,17H,3-9,12,15H2,1-2H3. The van der Waals surface area contributed by atoms with Crippen molar-refractivity contribution in [3.8, 4) is 5.75 Å². The van der Waals surface area contributed by atoms with Gasteiger partial charge in [-0.25, -0.2) is 4.99 Å². The quantitative estimate of drug-likeness (QED) is 0.446. The molecule has 0 radical (unpaired) electrons. The molecule has 0 N–H and O–H groups in total. The Labute approximate surface area is 172 Å². The summed E-state index contributed by atoms with van der Waals surface area (Å²) in [5.74, 6) is 2.38. The fourth-order valence-corrected chi connectivity index (χ4v) is 3.44. The molecule has 3 rings (SSSR count). The number of aromatic nitrogens is 1. The Bertz CT molecular complexity index is 788. The van der Waals surface area contributed by atoms with E-state index in [2.05, 4.69) is 10.1 Å². The SMILES string of the molecule is Cc1cc(CCCCCCCCOc2ccc(C3=NC(C)CO3)cc2Cl)on1. The topological polar surface area (TPSA) is 56.9 Å². The molecule has 2 heterocycles. The van der Waals surface area contributed by atoms with Crippen molar-refractivity contribution >= 4 is 17.5 Å². The Morgan fingerprint density at radius 2 is 1.89 bits per heavy atom. The highest BCUT2D eigenvalue weighted by molar-refractivity contribution is 6.32. The normalized spacial score (nSPS) is 16.1. The van der Waals surface area contributed by atoms with Crippen LogP contribution in [-0.4, -0.2) is 30.3 Å². The zero-order chi connectivity index (χ0) is 19.8. The molecule has 1 aromatic heterocycles. The van der Waals surface area contributed by atoms with Crippen LogP contribution in [0.5, 0.6) is 5.75 Å². The average Bonchev–Trinajstić information content (AvgIpc) is 3.29. The van der Waals surface area contributed by atoms with E-state index in [1.54, 1.807) is 0 Å². The van der Waals surface area contributed by atoms with Crippen molar-refractivity contribution in [2.75, 3.05) is 13.2 Å². The predicted octanol–water partition coefficient (Wildman–Crippen LogP) is 5.76. The largest absolute Gasteiger partial charge is 0.492 e. The minimum atomic E-state index is 0.205. The summed E-state index contributed by atoms with van der Waals surface area (Å²) in [5, 5.41) is 4.52. The van der Waals surface area contributed by atoms with Gasteiger partial charge in [0.15, 0.2) is 0 Å². The van der Waals surface area contributed by atoms with Gasteiger partial charge in [0.2, 0.25) is 5.90 Å². The van der Waals surface area contributed by atoms with Gasteiger partial charge in [-0.1, -0.05) is 42.4 Å². The third kappa shape index (κ3) is 6.26. The van der Waals surface area contributed by atoms with Crippen LogP contribution in [-0.2, 0) is 11.2 Å². The number of benzene rings is 1. The fraction of sp³-hybridized carbons (Fsp3) is 0.545. The van der Waals surface area contributed by atoms with Gasteiger partial charge < -0.3 is 14.0 Å². The number of aliphatic imine (C=N–C) groups is 1. The molecule has 6 heteroatoms. The van der Waals surface area contributed by atoms with Crippen molar-refractivity contribution < 1.29 is 14.0 Å². The van der Waals surface area contributed by atoms with Crippen molar-refractivity contribution in [3.05, 3.63) is 46.3 Å². The lowest BCUT2D eigenvalue weighted by Crippen LogP contribution is -2.03. The van der Waals surface area contributed by atoms with Gasteiger partial charge in [-0.05, 0) is 44.9 Å². The van der Waals surface area contributed by atoms with E-state index >= 15 is 0 Å². The van der Waals surface area contributed by atoms with E-state index in [1.165, 1.54) is 25.7 Å². The van der Waals surface area contributed by atoms with Gasteiger partial charge in [0, 0.05) is 18.1 Å². The molecular weight excluding hydrogens is 376 g/mol. The molecule has 1 atom stereocenters. The number of rotatable bonds is 11. The van der Waals surface area contributed by atoms with E-state index in [9.17, 15) is 0 Å². The van der Waals surface area contributed by atoms with Crippen molar-refractivity contribution in [3.63, 3.8) is 0 Å². The molecule has 1 aliphatic heterocycles. The number of nitrogens with zero attached hydrogens (tertiary/aromatic N) is 2. The minimum Gasteiger partial charge on any atom is -0.492 e. The summed E-state index contributed by atoms with van der Waals surface area (Å²) in [6.45, 7) is 5.30. The maximum atomic E-state index is 6.35. The Morgan fingerprint density at radius 3 is 2.57 bits per heavy atom. The van der Waals surface area contributed by atoms with Gasteiger partial charge in [-0.3, -0.25) is 0 Å². The molecule has 0 fully saturated rings. The lowest BCUT2D eigenvalue weighted by molar-refractivity contribution is 0.304. The van der Waals surface area contributed by atoms with Crippen molar-refractivity contribution in [2.45, 2.75) is 64.8 Å². The highest BCUT2D eigenvalue weighted by Crippen LogP contribution is 2.27. The van der Waals surface area contributed by atoms with Crippen molar-refractivity contribution in [2.24, 2.45) is 4.99 Å². The molecule has 1 aliphatic rings. The van der Waals surface area contributed by atoms with Crippen LogP contribution in [0, 0.1) is 6.92 Å². The number of aryl methyl sites for hydroxylation is 2. The molecule has 0 spiro atoms. The molecule has 152 valence electrons. The van der Waals surface area contributed by atoms with Gasteiger partial charge in [0.05, 0.1) is 23.4 Å². The van der Waals surface area contributed by atoms with E-state index in [0.29, 0.717) is 24.1 Å². The van der Waals surface area contributed by atoms with Crippen molar-refractivity contribution in [1.29, 1.82) is 0 Å². The number of hydrogen-bond acceptors (Lipinski definition) is 5. The lowest BCUT2D eigenvalue weighted by atomic mass is 10.1. The van der Waals surface area contributed by atoms with Crippen molar-refractivity contribution in [1.82, 2.24) is 5.16 Å². The molecule has 1 aromatic carbocycles. The molecule has 1 unspecified atom stereocenters. The number of halogens is 1. The second-order valence-corrected chi connectivity index (χ2v) is 7.80. The van der Waals surface area contributed by atoms with Crippen LogP contribution in [0.15, 0.2) is 33.8 Å².